The quantitative estimate of drug-likeness (QED) is 0.517. The van der Waals surface area contributed by atoms with Gasteiger partial charge in [0.15, 0.2) is 5.17 Å². The predicted octanol–water partition coefficient (Wildman–Crippen LogP) is 5.50. The standard InChI is InChI=1S/C26H29N3O2S/c1-17-11-20-13-21-16-29(15-19-7-4-5-9-24(19)30-3)26(27-14-22-8-6-10-31-22)32-25(21)28-23(20)12-18(17)2/h4-5,7,9,11-13,22H,6,8,10,14-16H2,1-3H3/t22-/m0/s1. The minimum absolute atomic E-state index is 0.229. The summed E-state index contributed by atoms with van der Waals surface area (Å²) in [4.78, 5) is 12.4. The number of thioether (sulfide) groups is 1. The van der Waals surface area contributed by atoms with Crippen LogP contribution in [-0.4, -0.2) is 41.4 Å². The molecular weight excluding hydrogens is 418 g/mol. The second-order valence-electron chi connectivity index (χ2n) is 8.61. The Morgan fingerprint density at radius 2 is 2.03 bits per heavy atom. The zero-order valence-electron chi connectivity index (χ0n) is 18.9. The van der Waals surface area contributed by atoms with E-state index >= 15 is 0 Å². The lowest BCUT2D eigenvalue weighted by Crippen LogP contribution is -2.32. The number of aliphatic imine (C=N–C) groups is 1. The van der Waals surface area contributed by atoms with Crippen molar-refractivity contribution in [3.8, 4) is 5.75 Å². The SMILES string of the molecule is COc1ccccc1CN1Cc2cc3cc(C)c(C)cc3nc2SC1=NC[C@@H]1CCCO1. The van der Waals surface area contributed by atoms with E-state index in [0.29, 0.717) is 6.54 Å². The van der Waals surface area contributed by atoms with E-state index in [1.807, 2.05) is 12.1 Å². The average Bonchev–Trinajstić information content (AvgIpc) is 3.31. The van der Waals surface area contributed by atoms with Crippen LogP contribution in [0.15, 0.2) is 52.5 Å². The first-order chi connectivity index (χ1) is 15.6. The fraction of sp³-hybridized carbons (Fsp3) is 0.385. The lowest BCUT2D eigenvalue weighted by atomic mass is 10.0. The number of aryl methyl sites for hydroxylation is 2. The molecule has 6 heteroatoms. The van der Waals surface area contributed by atoms with E-state index in [0.717, 1.165) is 59.6 Å². The first-order valence-electron chi connectivity index (χ1n) is 11.2. The number of pyridine rings is 1. The van der Waals surface area contributed by atoms with Crippen LogP contribution in [0.2, 0.25) is 0 Å². The molecule has 1 fully saturated rings. The van der Waals surface area contributed by atoms with Gasteiger partial charge in [-0.15, -0.1) is 0 Å². The van der Waals surface area contributed by atoms with Gasteiger partial charge in [0.2, 0.25) is 0 Å². The molecule has 32 heavy (non-hydrogen) atoms. The minimum atomic E-state index is 0.229. The Bertz CT molecular complexity index is 1170. The van der Waals surface area contributed by atoms with Crippen LogP contribution in [0.25, 0.3) is 10.9 Å². The van der Waals surface area contributed by atoms with Crippen LogP contribution >= 0.6 is 11.8 Å². The second-order valence-corrected chi connectivity index (χ2v) is 9.57. The van der Waals surface area contributed by atoms with Gasteiger partial charge in [0.05, 0.1) is 25.3 Å². The van der Waals surface area contributed by atoms with Crippen LogP contribution in [-0.2, 0) is 17.8 Å². The number of amidine groups is 1. The van der Waals surface area contributed by atoms with Crippen LogP contribution in [0.5, 0.6) is 5.75 Å². The molecular formula is C26H29N3O2S. The molecule has 2 aromatic carbocycles. The van der Waals surface area contributed by atoms with Gasteiger partial charge in [-0.3, -0.25) is 4.99 Å². The molecule has 3 heterocycles. The van der Waals surface area contributed by atoms with Crippen molar-refractivity contribution in [3.05, 3.63) is 64.7 Å². The zero-order chi connectivity index (χ0) is 22.1. The third-order valence-corrected chi connectivity index (χ3v) is 7.41. The molecule has 0 spiro atoms. The average molecular weight is 448 g/mol. The molecule has 0 N–H and O–H groups in total. The number of hydrogen-bond donors (Lipinski definition) is 0. The zero-order valence-corrected chi connectivity index (χ0v) is 19.7. The Hall–Kier alpha value is -2.57. The molecule has 1 atom stereocenters. The monoisotopic (exact) mass is 447 g/mol. The molecule has 0 saturated carbocycles. The largest absolute Gasteiger partial charge is 0.496 e. The Labute approximate surface area is 193 Å². The number of benzene rings is 2. The van der Waals surface area contributed by atoms with Crippen molar-refractivity contribution >= 4 is 27.8 Å². The van der Waals surface area contributed by atoms with Crippen LogP contribution in [0, 0.1) is 13.8 Å². The fourth-order valence-electron chi connectivity index (χ4n) is 4.36. The van der Waals surface area contributed by atoms with Gasteiger partial charge in [-0.05, 0) is 73.8 Å². The summed E-state index contributed by atoms with van der Waals surface area (Å²) in [6.45, 7) is 7.38. The number of ether oxygens (including phenoxy) is 2. The van der Waals surface area contributed by atoms with E-state index in [2.05, 4.69) is 49.1 Å². The molecule has 0 aliphatic carbocycles. The Morgan fingerprint density at radius 1 is 1.19 bits per heavy atom. The molecule has 0 bridgehead atoms. The normalized spacial score (nSPS) is 19.5. The van der Waals surface area contributed by atoms with Crippen molar-refractivity contribution in [2.24, 2.45) is 4.99 Å². The van der Waals surface area contributed by atoms with Gasteiger partial charge in [-0.25, -0.2) is 4.98 Å². The summed E-state index contributed by atoms with van der Waals surface area (Å²) in [6.07, 6.45) is 2.45. The van der Waals surface area contributed by atoms with E-state index in [4.69, 9.17) is 19.5 Å². The Morgan fingerprint density at radius 3 is 2.84 bits per heavy atom. The number of nitrogens with zero attached hydrogens (tertiary/aromatic N) is 3. The van der Waals surface area contributed by atoms with Crippen LogP contribution in [0.3, 0.4) is 0 Å². The minimum Gasteiger partial charge on any atom is -0.496 e. The van der Waals surface area contributed by atoms with Crippen molar-refractivity contribution in [2.45, 2.75) is 50.9 Å². The third-order valence-electron chi connectivity index (χ3n) is 6.30. The van der Waals surface area contributed by atoms with Crippen molar-refractivity contribution in [1.82, 2.24) is 9.88 Å². The molecule has 1 saturated heterocycles. The van der Waals surface area contributed by atoms with E-state index in [-0.39, 0.29) is 6.10 Å². The van der Waals surface area contributed by atoms with E-state index < -0.39 is 0 Å². The highest BCUT2D eigenvalue weighted by atomic mass is 32.2. The molecule has 3 aromatic rings. The molecule has 0 unspecified atom stereocenters. The maximum absolute atomic E-state index is 5.82. The molecule has 5 rings (SSSR count). The van der Waals surface area contributed by atoms with Gasteiger partial charge >= 0.3 is 0 Å². The highest BCUT2D eigenvalue weighted by Gasteiger charge is 2.26. The topological polar surface area (TPSA) is 47.0 Å². The highest BCUT2D eigenvalue weighted by molar-refractivity contribution is 8.13. The van der Waals surface area contributed by atoms with Crippen molar-refractivity contribution in [3.63, 3.8) is 0 Å². The van der Waals surface area contributed by atoms with Crippen molar-refractivity contribution in [1.29, 1.82) is 0 Å². The summed E-state index contributed by atoms with van der Waals surface area (Å²) in [5.74, 6) is 0.907. The van der Waals surface area contributed by atoms with Gasteiger partial charge in [0.25, 0.3) is 0 Å². The van der Waals surface area contributed by atoms with Gasteiger partial charge in [0, 0.05) is 36.2 Å². The molecule has 2 aliphatic rings. The third kappa shape index (κ3) is 4.34. The fourth-order valence-corrected chi connectivity index (χ4v) is 5.32. The second kappa shape index (κ2) is 9.12. The number of fused-ring (bicyclic) bond motifs is 2. The number of methoxy groups -OCH3 is 1. The lowest BCUT2D eigenvalue weighted by Gasteiger charge is -2.31. The molecule has 0 radical (unpaired) electrons. The van der Waals surface area contributed by atoms with Gasteiger partial charge < -0.3 is 14.4 Å². The molecule has 2 aliphatic heterocycles. The van der Waals surface area contributed by atoms with Crippen molar-refractivity contribution < 1.29 is 9.47 Å². The summed E-state index contributed by atoms with van der Waals surface area (Å²) in [5.41, 5.74) is 6.03. The first-order valence-corrected chi connectivity index (χ1v) is 12.0. The van der Waals surface area contributed by atoms with E-state index in [1.54, 1.807) is 18.9 Å². The molecule has 0 amide bonds. The summed E-state index contributed by atoms with van der Waals surface area (Å²) in [7, 11) is 1.73. The van der Waals surface area contributed by atoms with Gasteiger partial charge in [-0.2, -0.15) is 0 Å². The van der Waals surface area contributed by atoms with Crippen LogP contribution < -0.4 is 4.74 Å². The Balaban J connectivity index is 1.50. The molecule has 1 aromatic heterocycles. The number of para-hydroxylation sites is 1. The maximum atomic E-state index is 5.82. The number of rotatable bonds is 5. The van der Waals surface area contributed by atoms with Gasteiger partial charge in [0.1, 0.15) is 10.8 Å². The van der Waals surface area contributed by atoms with E-state index in [1.165, 1.54) is 22.1 Å². The van der Waals surface area contributed by atoms with Crippen LogP contribution in [0.4, 0.5) is 0 Å². The number of hydrogen-bond acceptors (Lipinski definition) is 5. The Kier molecular flexibility index (Phi) is 6.07. The highest BCUT2D eigenvalue weighted by Crippen LogP contribution is 2.35. The van der Waals surface area contributed by atoms with Crippen molar-refractivity contribution in [2.75, 3.05) is 20.3 Å². The first kappa shape index (κ1) is 21.3. The summed E-state index contributed by atoms with van der Waals surface area (Å²) in [5, 5.41) is 3.27. The van der Waals surface area contributed by atoms with Crippen LogP contribution in [0.1, 0.15) is 35.1 Å². The molecule has 166 valence electrons. The smallest absolute Gasteiger partial charge is 0.166 e. The lowest BCUT2D eigenvalue weighted by molar-refractivity contribution is 0.117. The van der Waals surface area contributed by atoms with Gasteiger partial charge in [-0.1, -0.05) is 18.2 Å². The summed E-state index contributed by atoms with van der Waals surface area (Å²) in [6, 6.07) is 14.9. The molecule has 5 nitrogen and oxygen atoms in total. The summed E-state index contributed by atoms with van der Waals surface area (Å²) >= 11 is 1.67. The predicted molar refractivity (Wildman–Crippen MR) is 131 cm³/mol. The maximum Gasteiger partial charge on any atom is 0.166 e. The van der Waals surface area contributed by atoms with E-state index in [9.17, 15) is 0 Å². The number of aromatic nitrogens is 1. The summed E-state index contributed by atoms with van der Waals surface area (Å²) < 4.78 is 11.4.